The number of nitrogen functional groups attached to an aromatic ring is 1. The molecule has 0 spiro atoms. The van der Waals surface area contributed by atoms with Crippen molar-refractivity contribution in [1.29, 1.82) is 0 Å². The van der Waals surface area contributed by atoms with Crippen molar-refractivity contribution in [1.82, 2.24) is 5.16 Å². The van der Waals surface area contributed by atoms with Gasteiger partial charge in [-0.2, -0.15) is 0 Å². The first-order valence-electron chi connectivity index (χ1n) is 5.31. The zero-order chi connectivity index (χ0) is 12.5. The van der Waals surface area contributed by atoms with Gasteiger partial charge in [-0.25, -0.2) is 0 Å². The molecule has 2 N–H and O–H groups in total. The van der Waals surface area contributed by atoms with Crippen LogP contribution in [0.1, 0.15) is 0 Å². The van der Waals surface area contributed by atoms with Crippen molar-refractivity contribution < 1.29 is 4.52 Å². The molecule has 0 saturated heterocycles. The summed E-state index contributed by atoms with van der Waals surface area (Å²) >= 11 is 7.77. The summed E-state index contributed by atoms with van der Waals surface area (Å²) in [6.45, 7) is 0. The summed E-state index contributed by atoms with van der Waals surface area (Å²) in [6.07, 6.45) is 0. The minimum Gasteiger partial charge on any atom is -0.380 e. The highest BCUT2D eigenvalue weighted by atomic mass is 35.5. The summed E-state index contributed by atoms with van der Waals surface area (Å²) in [6, 6.07) is 11.4. The molecule has 90 valence electrons. The molecular formula is C13H9ClN2OS. The molecule has 5 heteroatoms. The number of aromatic nitrogens is 1. The van der Waals surface area contributed by atoms with Gasteiger partial charge < -0.3 is 10.3 Å². The maximum atomic E-state index is 6.20. The van der Waals surface area contributed by atoms with Gasteiger partial charge in [0, 0.05) is 10.6 Å². The van der Waals surface area contributed by atoms with E-state index in [0.717, 1.165) is 16.0 Å². The number of anilines is 1. The van der Waals surface area contributed by atoms with E-state index >= 15 is 0 Å². The SMILES string of the molecule is Nc1noc(-c2cccs2)c1-c1ccccc1Cl. The number of thiophene rings is 1. The summed E-state index contributed by atoms with van der Waals surface area (Å²) in [5, 5.41) is 6.45. The van der Waals surface area contributed by atoms with Crippen molar-refractivity contribution in [2.75, 3.05) is 5.73 Å². The van der Waals surface area contributed by atoms with Crippen LogP contribution in [0.5, 0.6) is 0 Å². The van der Waals surface area contributed by atoms with E-state index in [9.17, 15) is 0 Å². The van der Waals surface area contributed by atoms with Crippen molar-refractivity contribution in [3.63, 3.8) is 0 Å². The summed E-state index contributed by atoms with van der Waals surface area (Å²) in [4.78, 5) is 0.981. The largest absolute Gasteiger partial charge is 0.380 e. The molecule has 0 aliphatic carbocycles. The third kappa shape index (κ3) is 1.79. The summed E-state index contributed by atoms with van der Waals surface area (Å²) in [5.41, 5.74) is 7.48. The van der Waals surface area contributed by atoms with Crippen LogP contribution in [0.25, 0.3) is 21.8 Å². The predicted octanol–water partition coefficient (Wildman–Crippen LogP) is 4.31. The van der Waals surface area contributed by atoms with Crippen LogP contribution in [0.4, 0.5) is 5.82 Å². The lowest BCUT2D eigenvalue weighted by Gasteiger charge is -2.03. The fraction of sp³-hybridized carbons (Fsp3) is 0. The van der Waals surface area contributed by atoms with Crippen molar-refractivity contribution >= 4 is 28.8 Å². The van der Waals surface area contributed by atoms with Crippen LogP contribution >= 0.6 is 22.9 Å². The highest BCUT2D eigenvalue weighted by Gasteiger charge is 2.19. The Labute approximate surface area is 113 Å². The third-order valence-electron chi connectivity index (χ3n) is 2.61. The summed E-state index contributed by atoms with van der Waals surface area (Å²) in [5.74, 6) is 1.02. The Morgan fingerprint density at radius 3 is 2.72 bits per heavy atom. The summed E-state index contributed by atoms with van der Waals surface area (Å²) in [7, 11) is 0. The van der Waals surface area contributed by atoms with Crippen molar-refractivity contribution in [3.8, 4) is 21.8 Å². The van der Waals surface area contributed by atoms with Crippen LogP contribution in [0.2, 0.25) is 5.02 Å². The second-order valence-electron chi connectivity index (χ2n) is 3.73. The predicted molar refractivity (Wildman–Crippen MR) is 74.7 cm³/mol. The standard InChI is InChI=1S/C13H9ClN2OS/c14-9-5-2-1-4-8(9)11-12(17-16-13(11)15)10-6-3-7-18-10/h1-7H,(H2,15,16). The van der Waals surface area contributed by atoms with Gasteiger partial charge in [-0.3, -0.25) is 0 Å². The van der Waals surface area contributed by atoms with Crippen LogP contribution in [0, 0.1) is 0 Å². The van der Waals surface area contributed by atoms with Crippen LogP contribution in [-0.2, 0) is 0 Å². The highest BCUT2D eigenvalue weighted by molar-refractivity contribution is 7.13. The quantitative estimate of drug-likeness (QED) is 0.759. The molecule has 0 aliphatic rings. The maximum Gasteiger partial charge on any atom is 0.186 e. The van der Waals surface area contributed by atoms with Gasteiger partial charge in [0.2, 0.25) is 0 Å². The Bertz CT molecular complexity index is 676. The molecule has 1 aromatic carbocycles. The molecule has 18 heavy (non-hydrogen) atoms. The molecule has 2 aromatic heterocycles. The Morgan fingerprint density at radius 2 is 2.00 bits per heavy atom. The normalized spacial score (nSPS) is 10.7. The first-order valence-corrected chi connectivity index (χ1v) is 6.57. The van der Waals surface area contributed by atoms with Gasteiger partial charge in [-0.15, -0.1) is 11.3 Å². The zero-order valence-corrected chi connectivity index (χ0v) is 10.8. The average Bonchev–Trinajstić information content (AvgIpc) is 2.99. The van der Waals surface area contributed by atoms with Gasteiger partial charge in [0.15, 0.2) is 11.6 Å². The van der Waals surface area contributed by atoms with Gasteiger partial charge in [0.05, 0.1) is 10.4 Å². The van der Waals surface area contributed by atoms with Crippen molar-refractivity contribution in [3.05, 3.63) is 46.8 Å². The number of hydrogen-bond acceptors (Lipinski definition) is 4. The lowest BCUT2D eigenvalue weighted by molar-refractivity contribution is 0.437. The van der Waals surface area contributed by atoms with Crippen molar-refractivity contribution in [2.45, 2.75) is 0 Å². The Balaban J connectivity index is 2.24. The van der Waals surface area contributed by atoms with E-state index in [1.165, 1.54) is 0 Å². The molecule has 3 rings (SSSR count). The van der Waals surface area contributed by atoms with E-state index in [1.807, 2.05) is 41.8 Å². The zero-order valence-electron chi connectivity index (χ0n) is 9.26. The number of nitrogens with two attached hydrogens (primary N) is 1. The molecular weight excluding hydrogens is 268 g/mol. The molecule has 0 saturated carbocycles. The number of nitrogens with zero attached hydrogens (tertiary/aromatic N) is 1. The second-order valence-corrected chi connectivity index (χ2v) is 5.08. The van der Waals surface area contributed by atoms with E-state index in [2.05, 4.69) is 5.16 Å². The van der Waals surface area contributed by atoms with E-state index < -0.39 is 0 Å². The second kappa shape index (κ2) is 4.48. The first-order chi connectivity index (χ1) is 8.77. The molecule has 0 radical (unpaired) electrons. The molecule has 3 nitrogen and oxygen atoms in total. The lowest BCUT2D eigenvalue weighted by atomic mass is 10.1. The molecule has 0 bridgehead atoms. The van der Waals surface area contributed by atoms with E-state index in [0.29, 0.717) is 16.6 Å². The smallest absolute Gasteiger partial charge is 0.186 e. The number of benzene rings is 1. The Kier molecular flexibility index (Phi) is 2.81. The molecule has 0 amide bonds. The minimum atomic E-state index is 0.353. The fourth-order valence-corrected chi connectivity index (χ4v) is 2.74. The van der Waals surface area contributed by atoms with Gasteiger partial charge in [0.1, 0.15) is 0 Å². The monoisotopic (exact) mass is 276 g/mol. The van der Waals surface area contributed by atoms with E-state index in [4.69, 9.17) is 21.9 Å². The van der Waals surface area contributed by atoms with E-state index in [-0.39, 0.29) is 0 Å². The highest BCUT2D eigenvalue weighted by Crippen LogP contribution is 2.40. The Morgan fingerprint density at radius 1 is 1.17 bits per heavy atom. The molecule has 2 heterocycles. The molecule has 0 unspecified atom stereocenters. The lowest BCUT2D eigenvalue weighted by Crippen LogP contribution is -1.89. The van der Waals surface area contributed by atoms with Gasteiger partial charge >= 0.3 is 0 Å². The van der Waals surface area contributed by atoms with Crippen LogP contribution in [0.3, 0.4) is 0 Å². The molecule has 3 aromatic rings. The first kappa shape index (κ1) is 11.3. The minimum absolute atomic E-state index is 0.353. The van der Waals surface area contributed by atoms with Gasteiger partial charge in [-0.05, 0) is 17.5 Å². The number of rotatable bonds is 2. The fourth-order valence-electron chi connectivity index (χ4n) is 1.80. The van der Waals surface area contributed by atoms with Gasteiger partial charge in [-0.1, -0.05) is 41.0 Å². The van der Waals surface area contributed by atoms with Crippen molar-refractivity contribution in [2.24, 2.45) is 0 Å². The number of halogens is 1. The third-order valence-corrected chi connectivity index (χ3v) is 3.80. The van der Waals surface area contributed by atoms with Gasteiger partial charge in [0.25, 0.3) is 0 Å². The number of hydrogen-bond donors (Lipinski definition) is 1. The maximum absolute atomic E-state index is 6.20. The van der Waals surface area contributed by atoms with Crippen LogP contribution in [-0.4, -0.2) is 5.16 Å². The molecule has 0 aliphatic heterocycles. The topological polar surface area (TPSA) is 52.0 Å². The van der Waals surface area contributed by atoms with Crippen LogP contribution in [0.15, 0.2) is 46.3 Å². The van der Waals surface area contributed by atoms with Crippen LogP contribution < -0.4 is 5.73 Å². The molecule has 0 atom stereocenters. The Hall–Kier alpha value is -1.78. The van der Waals surface area contributed by atoms with E-state index in [1.54, 1.807) is 11.3 Å². The average molecular weight is 277 g/mol. The summed E-state index contributed by atoms with van der Waals surface area (Å²) < 4.78 is 5.33. The molecule has 0 fully saturated rings.